The molecular formula is C21H23ClN4O3. The molecule has 3 heterocycles. The summed E-state index contributed by atoms with van der Waals surface area (Å²) in [6.45, 7) is 2.81. The fourth-order valence-electron chi connectivity index (χ4n) is 3.46. The van der Waals surface area contributed by atoms with E-state index in [1.54, 1.807) is 19.4 Å². The predicted molar refractivity (Wildman–Crippen MR) is 109 cm³/mol. The van der Waals surface area contributed by atoms with Gasteiger partial charge < -0.3 is 14.0 Å². The van der Waals surface area contributed by atoms with Gasteiger partial charge in [0.2, 0.25) is 11.7 Å². The summed E-state index contributed by atoms with van der Waals surface area (Å²) in [6, 6.07) is 11.6. The maximum Gasteiger partial charge on any atom is 0.244 e. The van der Waals surface area contributed by atoms with Crippen LogP contribution in [0, 0.1) is 0 Å². The maximum atomic E-state index is 5.99. The van der Waals surface area contributed by atoms with Crippen LogP contribution in [-0.2, 0) is 11.3 Å². The molecular weight excluding hydrogens is 392 g/mol. The minimum absolute atomic E-state index is 0.105. The van der Waals surface area contributed by atoms with E-state index >= 15 is 0 Å². The highest BCUT2D eigenvalue weighted by Gasteiger charge is 2.31. The number of hydrogen-bond acceptors (Lipinski definition) is 7. The molecule has 7 nitrogen and oxygen atoms in total. The van der Waals surface area contributed by atoms with Crippen LogP contribution >= 0.6 is 11.6 Å². The lowest BCUT2D eigenvalue weighted by Gasteiger charge is -2.21. The van der Waals surface area contributed by atoms with Crippen LogP contribution in [0.2, 0.25) is 5.02 Å². The van der Waals surface area contributed by atoms with E-state index in [1.165, 1.54) is 5.56 Å². The Hall–Kier alpha value is -2.48. The van der Waals surface area contributed by atoms with Crippen molar-refractivity contribution in [2.75, 3.05) is 26.9 Å². The molecule has 1 aromatic carbocycles. The zero-order chi connectivity index (χ0) is 20.1. The molecule has 0 amide bonds. The van der Waals surface area contributed by atoms with E-state index in [0.29, 0.717) is 36.4 Å². The normalized spacial score (nSPS) is 17.0. The predicted octanol–water partition coefficient (Wildman–Crippen LogP) is 4.15. The molecule has 8 heteroatoms. The van der Waals surface area contributed by atoms with Crippen molar-refractivity contribution < 1.29 is 14.0 Å². The van der Waals surface area contributed by atoms with Gasteiger partial charge in [0.15, 0.2) is 0 Å². The van der Waals surface area contributed by atoms with Gasteiger partial charge in [0, 0.05) is 30.9 Å². The molecule has 4 rings (SSSR count). The van der Waals surface area contributed by atoms with Crippen molar-refractivity contribution >= 4 is 11.6 Å². The van der Waals surface area contributed by atoms with Gasteiger partial charge in [-0.15, -0.1) is 0 Å². The Morgan fingerprint density at radius 3 is 2.90 bits per heavy atom. The summed E-state index contributed by atoms with van der Waals surface area (Å²) in [7, 11) is 1.64. The summed E-state index contributed by atoms with van der Waals surface area (Å²) >= 11 is 5.99. The number of likely N-dealkylation sites (tertiary alicyclic amines) is 1. The quantitative estimate of drug-likeness (QED) is 0.512. The van der Waals surface area contributed by atoms with Crippen molar-refractivity contribution in [2.45, 2.75) is 25.4 Å². The highest BCUT2D eigenvalue weighted by molar-refractivity contribution is 6.30. The topological polar surface area (TPSA) is 73.5 Å². The summed E-state index contributed by atoms with van der Waals surface area (Å²) in [5.74, 6) is 1.79. The van der Waals surface area contributed by atoms with E-state index in [2.05, 4.69) is 32.2 Å². The number of pyridine rings is 1. The zero-order valence-electron chi connectivity index (χ0n) is 16.3. The zero-order valence-corrected chi connectivity index (χ0v) is 17.0. The summed E-state index contributed by atoms with van der Waals surface area (Å²) < 4.78 is 16.2. The number of nitrogens with zero attached hydrogens (tertiary/aromatic N) is 4. The fourth-order valence-corrected chi connectivity index (χ4v) is 3.59. The molecule has 2 aromatic heterocycles. The number of aromatic nitrogens is 3. The minimum Gasteiger partial charge on any atom is -0.491 e. The Kier molecular flexibility index (Phi) is 6.39. The molecule has 0 saturated carbocycles. The van der Waals surface area contributed by atoms with E-state index in [-0.39, 0.29) is 6.04 Å². The van der Waals surface area contributed by atoms with Crippen molar-refractivity contribution in [3.8, 4) is 17.3 Å². The average molecular weight is 415 g/mol. The van der Waals surface area contributed by atoms with Crippen molar-refractivity contribution in [1.82, 2.24) is 20.0 Å². The number of benzene rings is 1. The van der Waals surface area contributed by atoms with E-state index in [0.717, 1.165) is 31.0 Å². The Morgan fingerprint density at radius 1 is 1.21 bits per heavy atom. The van der Waals surface area contributed by atoms with Crippen LogP contribution in [0.5, 0.6) is 5.75 Å². The highest BCUT2D eigenvalue weighted by atomic mass is 35.5. The molecule has 0 N–H and O–H groups in total. The second-order valence-electron chi connectivity index (χ2n) is 6.93. The van der Waals surface area contributed by atoms with Crippen molar-refractivity contribution in [2.24, 2.45) is 0 Å². The van der Waals surface area contributed by atoms with Crippen LogP contribution in [0.15, 0.2) is 47.1 Å². The molecule has 0 bridgehead atoms. The van der Waals surface area contributed by atoms with E-state index in [9.17, 15) is 0 Å². The van der Waals surface area contributed by atoms with Gasteiger partial charge >= 0.3 is 0 Å². The third kappa shape index (κ3) is 4.93. The van der Waals surface area contributed by atoms with E-state index in [4.69, 9.17) is 25.6 Å². The van der Waals surface area contributed by atoms with E-state index in [1.807, 2.05) is 18.2 Å². The summed E-state index contributed by atoms with van der Waals surface area (Å²) in [5.41, 5.74) is 1.83. The first-order chi connectivity index (χ1) is 14.2. The molecule has 29 heavy (non-hydrogen) atoms. The van der Waals surface area contributed by atoms with Gasteiger partial charge in [0.25, 0.3) is 0 Å². The number of hydrogen-bond donors (Lipinski definition) is 0. The first-order valence-electron chi connectivity index (χ1n) is 9.63. The van der Waals surface area contributed by atoms with E-state index < -0.39 is 0 Å². The van der Waals surface area contributed by atoms with Crippen LogP contribution < -0.4 is 4.74 Å². The smallest absolute Gasteiger partial charge is 0.244 e. The SMILES string of the molecule is COCCOc1ccnc(-c2noc([C@@H]3CCCN3Cc3ccc(Cl)cc3)n2)c1. The monoisotopic (exact) mass is 414 g/mol. The number of ether oxygens (including phenoxy) is 2. The van der Waals surface area contributed by atoms with Gasteiger partial charge in [0.1, 0.15) is 18.1 Å². The molecule has 1 atom stereocenters. The van der Waals surface area contributed by atoms with Crippen molar-refractivity contribution in [1.29, 1.82) is 0 Å². The van der Waals surface area contributed by atoms with Gasteiger partial charge in [-0.05, 0) is 43.1 Å². The molecule has 0 unspecified atom stereocenters. The molecule has 0 spiro atoms. The van der Waals surface area contributed by atoms with Crippen molar-refractivity contribution in [3.63, 3.8) is 0 Å². The van der Waals surface area contributed by atoms with Crippen molar-refractivity contribution in [3.05, 3.63) is 59.1 Å². The Morgan fingerprint density at radius 2 is 2.07 bits per heavy atom. The van der Waals surface area contributed by atoms with Crippen LogP contribution in [0.25, 0.3) is 11.5 Å². The summed E-state index contributed by atoms with van der Waals surface area (Å²) in [4.78, 5) is 11.3. The van der Waals surface area contributed by atoms with Gasteiger partial charge in [-0.1, -0.05) is 28.9 Å². The van der Waals surface area contributed by atoms with Gasteiger partial charge in [-0.2, -0.15) is 4.98 Å². The average Bonchev–Trinajstić information content (AvgIpc) is 3.40. The van der Waals surface area contributed by atoms with Crippen LogP contribution in [0.3, 0.4) is 0 Å². The number of rotatable bonds is 8. The molecule has 0 aliphatic carbocycles. The lowest BCUT2D eigenvalue weighted by molar-refractivity contribution is 0.146. The number of methoxy groups -OCH3 is 1. The largest absolute Gasteiger partial charge is 0.491 e. The minimum atomic E-state index is 0.105. The van der Waals surface area contributed by atoms with Crippen LogP contribution in [0.4, 0.5) is 0 Å². The molecule has 152 valence electrons. The lowest BCUT2D eigenvalue weighted by Crippen LogP contribution is -2.23. The molecule has 0 radical (unpaired) electrons. The molecule has 3 aromatic rings. The third-order valence-electron chi connectivity index (χ3n) is 4.91. The molecule has 1 aliphatic heterocycles. The van der Waals surface area contributed by atoms with Gasteiger partial charge in [-0.3, -0.25) is 9.88 Å². The van der Waals surface area contributed by atoms with Crippen LogP contribution in [-0.4, -0.2) is 46.9 Å². The Balaban J connectivity index is 1.46. The Bertz CT molecular complexity index is 932. The molecule has 1 saturated heterocycles. The maximum absolute atomic E-state index is 5.99. The van der Waals surface area contributed by atoms with Crippen LogP contribution in [0.1, 0.15) is 30.3 Å². The first-order valence-corrected chi connectivity index (χ1v) is 10.0. The molecule has 1 aliphatic rings. The Labute approximate surface area is 174 Å². The van der Waals surface area contributed by atoms with Gasteiger partial charge in [-0.25, -0.2) is 0 Å². The molecule has 1 fully saturated rings. The highest BCUT2D eigenvalue weighted by Crippen LogP contribution is 2.33. The summed E-state index contributed by atoms with van der Waals surface area (Å²) in [6.07, 6.45) is 3.76. The third-order valence-corrected chi connectivity index (χ3v) is 5.16. The fraction of sp³-hybridized carbons (Fsp3) is 0.381. The first kappa shape index (κ1) is 19.8. The standard InChI is InChI=1S/C21H23ClN4O3/c1-27-11-12-28-17-8-9-23-18(13-17)20-24-21(29-25-20)19-3-2-10-26(19)14-15-4-6-16(22)7-5-15/h4-9,13,19H,2-3,10-12,14H2,1H3/t19-/m0/s1. The second-order valence-corrected chi connectivity index (χ2v) is 7.37. The number of halogens is 1. The second kappa shape index (κ2) is 9.35. The van der Waals surface area contributed by atoms with Gasteiger partial charge in [0.05, 0.1) is 12.6 Å². The lowest BCUT2D eigenvalue weighted by atomic mass is 10.2. The summed E-state index contributed by atoms with van der Waals surface area (Å²) in [5, 5.41) is 4.89.